The van der Waals surface area contributed by atoms with E-state index in [1.54, 1.807) is 11.8 Å². The zero-order valence-electron chi connectivity index (χ0n) is 10.4. The second-order valence-corrected chi connectivity index (χ2v) is 5.08. The first-order valence-electron chi connectivity index (χ1n) is 5.88. The standard InChI is InChI=1S/C13H20N2OS/c1-3-15-13(16)8-9-17-12-6-4-11(5-7-12)10(2)14/h4-7,10H,3,8-9,14H2,1-2H3,(H,15,16). The highest BCUT2D eigenvalue weighted by Crippen LogP contribution is 2.20. The third-order valence-electron chi connectivity index (χ3n) is 2.38. The second kappa shape index (κ2) is 7.35. The van der Waals surface area contributed by atoms with Gasteiger partial charge in [-0.15, -0.1) is 11.8 Å². The Balaban J connectivity index is 2.35. The Hall–Kier alpha value is -1.00. The molecule has 0 radical (unpaired) electrons. The summed E-state index contributed by atoms with van der Waals surface area (Å²) in [5, 5.41) is 2.79. The van der Waals surface area contributed by atoms with Crippen molar-refractivity contribution in [2.45, 2.75) is 31.2 Å². The first-order valence-corrected chi connectivity index (χ1v) is 6.87. The van der Waals surface area contributed by atoms with E-state index in [0.717, 1.165) is 11.3 Å². The predicted octanol–water partition coefficient (Wildman–Crippen LogP) is 2.32. The summed E-state index contributed by atoms with van der Waals surface area (Å²) in [5.74, 6) is 0.927. The highest BCUT2D eigenvalue weighted by atomic mass is 32.2. The van der Waals surface area contributed by atoms with Crippen LogP contribution in [-0.4, -0.2) is 18.2 Å². The van der Waals surface area contributed by atoms with E-state index < -0.39 is 0 Å². The number of carbonyl (C=O) groups is 1. The van der Waals surface area contributed by atoms with Crippen LogP contribution >= 0.6 is 11.8 Å². The number of amides is 1. The van der Waals surface area contributed by atoms with Crippen molar-refractivity contribution >= 4 is 17.7 Å². The van der Waals surface area contributed by atoms with Crippen molar-refractivity contribution in [2.24, 2.45) is 5.73 Å². The molecular formula is C13H20N2OS. The second-order valence-electron chi connectivity index (χ2n) is 3.91. The van der Waals surface area contributed by atoms with Gasteiger partial charge in [-0.2, -0.15) is 0 Å². The summed E-state index contributed by atoms with van der Waals surface area (Å²) in [4.78, 5) is 12.4. The molecular weight excluding hydrogens is 232 g/mol. The van der Waals surface area contributed by atoms with Crippen LogP contribution in [0.15, 0.2) is 29.2 Å². The van der Waals surface area contributed by atoms with Crippen molar-refractivity contribution < 1.29 is 4.79 Å². The van der Waals surface area contributed by atoms with E-state index in [2.05, 4.69) is 17.4 Å². The Morgan fingerprint density at radius 2 is 2.06 bits per heavy atom. The van der Waals surface area contributed by atoms with Gasteiger partial charge in [0.15, 0.2) is 0 Å². The van der Waals surface area contributed by atoms with Crippen LogP contribution in [0.3, 0.4) is 0 Å². The summed E-state index contributed by atoms with van der Waals surface area (Å²) < 4.78 is 0. The Labute approximate surface area is 107 Å². The molecule has 0 bridgehead atoms. The molecule has 0 aliphatic carbocycles. The SMILES string of the molecule is CCNC(=O)CCSc1ccc(C(C)N)cc1. The summed E-state index contributed by atoms with van der Waals surface area (Å²) in [6, 6.07) is 8.27. The molecule has 3 N–H and O–H groups in total. The number of hydrogen-bond acceptors (Lipinski definition) is 3. The van der Waals surface area contributed by atoms with E-state index >= 15 is 0 Å². The molecule has 4 heteroatoms. The van der Waals surface area contributed by atoms with Crippen LogP contribution in [0.4, 0.5) is 0 Å². The molecule has 1 amide bonds. The number of benzene rings is 1. The topological polar surface area (TPSA) is 55.1 Å². The van der Waals surface area contributed by atoms with Gasteiger partial charge in [0, 0.05) is 29.7 Å². The molecule has 0 saturated heterocycles. The van der Waals surface area contributed by atoms with Crippen LogP contribution in [0, 0.1) is 0 Å². The lowest BCUT2D eigenvalue weighted by atomic mass is 10.1. The van der Waals surface area contributed by atoms with E-state index in [0.29, 0.717) is 13.0 Å². The lowest BCUT2D eigenvalue weighted by Crippen LogP contribution is -2.22. The minimum absolute atomic E-state index is 0.0735. The molecule has 0 spiro atoms. The molecule has 0 heterocycles. The van der Waals surface area contributed by atoms with Gasteiger partial charge >= 0.3 is 0 Å². The van der Waals surface area contributed by atoms with Gasteiger partial charge in [0.1, 0.15) is 0 Å². The fourth-order valence-electron chi connectivity index (χ4n) is 1.41. The van der Waals surface area contributed by atoms with Crippen molar-refractivity contribution in [3.63, 3.8) is 0 Å². The van der Waals surface area contributed by atoms with Crippen molar-refractivity contribution in [3.05, 3.63) is 29.8 Å². The Morgan fingerprint density at radius 1 is 1.41 bits per heavy atom. The molecule has 1 rings (SSSR count). The van der Waals surface area contributed by atoms with Gasteiger partial charge in [-0.25, -0.2) is 0 Å². The summed E-state index contributed by atoms with van der Waals surface area (Å²) in [7, 11) is 0. The quantitative estimate of drug-likeness (QED) is 0.764. The minimum Gasteiger partial charge on any atom is -0.356 e. The number of nitrogens with two attached hydrogens (primary N) is 1. The van der Waals surface area contributed by atoms with Gasteiger partial charge in [0.25, 0.3) is 0 Å². The predicted molar refractivity (Wildman–Crippen MR) is 73.1 cm³/mol. The number of rotatable bonds is 6. The zero-order chi connectivity index (χ0) is 12.7. The molecule has 94 valence electrons. The smallest absolute Gasteiger partial charge is 0.220 e. The lowest BCUT2D eigenvalue weighted by molar-refractivity contribution is -0.120. The third kappa shape index (κ3) is 5.24. The van der Waals surface area contributed by atoms with Crippen LogP contribution in [0.2, 0.25) is 0 Å². The molecule has 1 atom stereocenters. The third-order valence-corrected chi connectivity index (χ3v) is 3.39. The summed E-state index contributed by atoms with van der Waals surface area (Å²) in [6.45, 7) is 4.60. The van der Waals surface area contributed by atoms with Gasteiger partial charge in [-0.3, -0.25) is 4.79 Å². The monoisotopic (exact) mass is 252 g/mol. The highest BCUT2D eigenvalue weighted by molar-refractivity contribution is 7.99. The molecule has 0 aliphatic heterocycles. The largest absolute Gasteiger partial charge is 0.356 e. The van der Waals surface area contributed by atoms with Crippen molar-refractivity contribution in [1.82, 2.24) is 5.32 Å². The molecule has 0 aliphatic rings. The van der Waals surface area contributed by atoms with Gasteiger partial charge in [0.05, 0.1) is 0 Å². The summed E-state index contributed by atoms with van der Waals surface area (Å²) in [6.07, 6.45) is 0.563. The van der Waals surface area contributed by atoms with E-state index in [1.807, 2.05) is 26.0 Å². The zero-order valence-corrected chi connectivity index (χ0v) is 11.2. The van der Waals surface area contributed by atoms with Crippen LogP contribution in [0.25, 0.3) is 0 Å². The number of thioether (sulfide) groups is 1. The molecule has 0 aromatic heterocycles. The first kappa shape index (κ1) is 14.1. The summed E-state index contributed by atoms with van der Waals surface area (Å²) in [5.41, 5.74) is 6.91. The lowest BCUT2D eigenvalue weighted by Gasteiger charge is -2.06. The maximum atomic E-state index is 11.2. The van der Waals surface area contributed by atoms with Crippen molar-refractivity contribution in [3.8, 4) is 0 Å². The normalized spacial score (nSPS) is 12.2. The van der Waals surface area contributed by atoms with E-state index in [9.17, 15) is 4.79 Å². The van der Waals surface area contributed by atoms with Gasteiger partial charge in [-0.05, 0) is 31.5 Å². The molecule has 17 heavy (non-hydrogen) atoms. The first-order chi connectivity index (χ1) is 8.13. The van der Waals surface area contributed by atoms with Gasteiger partial charge in [0.2, 0.25) is 5.91 Å². The Morgan fingerprint density at radius 3 is 2.59 bits per heavy atom. The van der Waals surface area contributed by atoms with Crippen LogP contribution in [0.5, 0.6) is 0 Å². The number of carbonyl (C=O) groups excluding carboxylic acids is 1. The molecule has 1 aromatic carbocycles. The maximum Gasteiger partial charge on any atom is 0.220 e. The van der Waals surface area contributed by atoms with E-state index in [-0.39, 0.29) is 11.9 Å². The van der Waals surface area contributed by atoms with Crippen LogP contribution < -0.4 is 11.1 Å². The average molecular weight is 252 g/mol. The molecule has 3 nitrogen and oxygen atoms in total. The fraction of sp³-hybridized carbons (Fsp3) is 0.462. The van der Waals surface area contributed by atoms with Gasteiger partial charge < -0.3 is 11.1 Å². The number of nitrogens with one attached hydrogen (secondary N) is 1. The van der Waals surface area contributed by atoms with E-state index in [1.165, 1.54) is 4.90 Å². The minimum atomic E-state index is 0.0735. The molecule has 0 saturated carbocycles. The van der Waals surface area contributed by atoms with Crippen molar-refractivity contribution in [2.75, 3.05) is 12.3 Å². The molecule has 1 aromatic rings. The fourth-order valence-corrected chi connectivity index (χ4v) is 2.27. The van der Waals surface area contributed by atoms with Gasteiger partial charge in [-0.1, -0.05) is 12.1 Å². The molecule has 0 fully saturated rings. The summed E-state index contributed by atoms with van der Waals surface area (Å²) >= 11 is 1.69. The number of hydrogen-bond donors (Lipinski definition) is 2. The van der Waals surface area contributed by atoms with E-state index in [4.69, 9.17) is 5.73 Å². The highest BCUT2D eigenvalue weighted by Gasteiger charge is 2.02. The van der Waals surface area contributed by atoms with Crippen LogP contribution in [0.1, 0.15) is 31.9 Å². The average Bonchev–Trinajstić information content (AvgIpc) is 2.30. The van der Waals surface area contributed by atoms with Crippen molar-refractivity contribution in [1.29, 1.82) is 0 Å². The molecule has 1 unspecified atom stereocenters. The Kier molecular flexibility index (Phi) is 6.08. The Bertz CT molecular complexity index is 349. The maximum absolute atomic E-state index is 11.2. The van der Waals surface area contributed by atoms with Crippen LogP contribution in [-0.2, 0) is 4.79 Å².